The van der Waals surface area contributed by atoms with Crippen molar-refractivity contribution in [1.82, 2.24) is 14.5 Å². The SMILES string of the molecule is O=c1c2ccccc2nc(CSc2nc3ccccc3o2)n1-c1ccc(F)cc1. The van der Waals surface area contributed by atoms with Crippen LogP contribution in [0.5, 0.6) is 0 Å². The summed E-state index contributed by atoms with van der Waals surface area (Å²) < 4.78 is 20.7. The maximum atomic E-state index is 13.4. The van der Waals surface area contributed by atoms with Crippen molar-refractivity contribution in [1.29, 1.82) is 0 Å². The predicted molar refractivity (Wildman–Crippen MR) is 111 cm³/mol. The van der Waals surface area contributed by atoms with Crippen molar-refractivity contribution in [3.63, 3.8) is 0 Å². The molecular weight excluding hydrogens is 389 g/mol. The quantitative estimate of drug-likeness (QED) is 0.397. The van der Waals surface area contributed by atoms with Crippen LogP contribution in [0.25, 0.3) is 27.7 Å². The fraction of sp³-hybridized carbons (Fsp3) is 0.0455. The third-order valence-corrected chi connectivity index (χ3v) is 5.35. The van der Waals surface area contributed by atoms with E-state index in [2.05, 4.69) is 9.97 Å². The Balaban J connectivity index is 1.60. The number of oxazole rings is 1. The maximum Gasteiger partial charge on any atom is 0.265 e. The topological polar surface area (TPSA) is 60.9 Å². The second kappa shape index (κ2) is 7.18. The number of hydrogen-bond acceptors (Lipinski definition) is 5. The fourth-order valence-corrected chi connectivity index (χ4v) is 3.93. The Morgan fingerprint density at radius 2 is 1.62 bits per heavy atom. The molecule has 2 aromatic heterocycles. The number of rotatable bonds is 4. The number of halogens is 1. The van der Waals surface area contributed by atoms with Crippen LogP contribution in [-0.2, 0) is 5.75 Å². The first-order chi connectivity index (χ1) is 14.2. The van der Waals surface area contributed by atoms with Gasteiger partial charge in [-0.05, 0) is 48.5 Å². The summed E-state index contributed by atoms with van der Waals surface area (Å²) in [6.45, 7) is 0. The smallest absolute Gasteiger partial charge is 0.265 e. The van der Waals surface area contributed by atoms with Crippen LogP contribution >= 0.6 is 11.8 Å². The first-order valence-corrected chi connectivity index (χ1v) is 9.92. The largest absolute Gasteiger partial charge is 0.431 e. The summed E-state index contributed by atoms with van der Waals surface area (Å²) in [4.78, 5) is 22.3. The number of fused-ring (bicyclic) bond motifs is 2. The Labute approximate surface area is 168 Å². The van der Waals surface area contributed by atoms with Gasteiger partial charge in [-0.3, -0.25) is 9.36 Å². The molecule has 5 rings (SSSR count). The molecule has 0 aliphatic rings. The number of hydrogen-bond donors (Lipinski definition) is 0. The van der Waals surface area contributed by atoms with Crippen molar-refractivity contribution >= 4 is 33.8 Å². The molecule has 0 fully saturated rings. The predicted octanol–water partition coefficient (Wildman–Crippen LogP) is 4.96. The van der Waals surface area contributed by atoms with Crippen LogP contribution < -0.4 is 5.56 Å². The highest BCUT2D eigenvalue weighted by Gasteiger charge is 2.15. The van der Waals surface area contributed by atoms with Gasteiger partial charge in [-0.25, -0.2) is 14.4 Å². The first kappa shape index (κ1) is 17.6. The lowest BCUT2D eigenvalue weighted by molar-refractivity contribution is 0.489. The molecule has 0 bridgehead atoms. The van der Waals surface area contributed by atoms with Crippen molar-refractivity contribution in [2.75, 3.05) is 0 Å². The Bertz CT molecular complexity index is 1360. The summed E-state index contributed by atoms with van der Waals surface area (Å²) in [5.74, 6) is 0.537. The summed E-state index contributed by atoms with van der Waals surface area (Å²) in [7, 11) is 0. The standard InChI is InChI=1S/C22H14FN3O2S/c23-14-9-11-15(12-10-14)26-20(24-17-6-2-1-5-16(17)21(26)27)13-29-22-25-18-7-3-4-8-19(18)28-22/h1-12H,13H2. The zero-order chi connectivity index (χ0) is 19.8. The molecule has 0 aliphatic carbocycles. The second-order valence-electron chi connectivity index (χ2n) is 6.40. The number of benzene rings is 3. The van der Waals surface area contributed by atoms with Gasteiger partial charge in [-0.15, -0.1) is 0 Å². The van der Waals surface area contributed by atoms with Gasteiger partial charge in [-0.2, -0.15) is 0 Å². The van der Waals surface area contributed by atoms with Gasteiger partial charge in [0.25, 0.3) is 10.8 Å². The van der Waals surface area contributed by atoms with Crippen LogP contribution in [0.2, 0.25) is 0 Å². The average Bonchev–Trinajstić information content (AvgIpc) is 3.16. The van der Waals surface area contributed by atoms with Gasteiger partial charge >= 0.3 is 0 Å². The van der Waals surface area contributed by atoms with Gasteiger partial charge in [0.2, 0.25) is 0 Å². The van der Waals surface area contributed by atoms with E-state index in [9.17, 15) is 9.18 Å². The van der Waals surface area contributed by atoms with Crippen molar-refractivity contribution < 1.29 is 8.81 Å². The molecule has 3 aromatic carbocycles. The van der Waals surface area contributed by atoms with Gasteiger partial charge in [0.1, 0.15) is 17.2 Å². The molecule has 0 saturated carbocycles. The second-order valence-corrected chi connectivity index (χ2v) is 7.32. The molecule has 142 valence electrons. The summed E-state index contributed by atoms with van der Waals surface area (Å²) in [5, 5.41) is 1.01. The van der Waals surface area contributed by atoms with E-state index in [0.717, 1.165) is 5.52 Å². The van der Waals surface area contributed by atoms with Crippen molar-refractivity contribution in [3.05, 3.63) is 94.8 Å². The molecule has 0 amide bonds. The van der Waals surface area contributed by atoms with Gasteiger partial charge in [0.05, 0.1) is 22.3 Å². The zero-order valence-corrected chi connectivity index (χ0v) is 15.9. The number of para-hydroxylation sites is 3. The van der Waals surface area contributed by atoms with Gasteiger partial charge < -0.3 is 4.42 Å². The van der Waals surface area contributed by atoms with E-state index in [-0.39, 0.29) is 11.4 Å². The zero-order valence-electron chi connectivity index (χ0n) is 15.1. The van der Waals surface area contributed by atoms with E-state index in [1.54, 1.807) is 30.3 Å². The first-order valence-electron chi connectivity index (χ1n) is 8.94. The Morgan fingerprint density at radius 1 is 0.897 bits per heavy atom. The van der Waals surface area contributed by atoms with Crippen LogP contribution in [0.15, 0.2) is 87.2 Å². The number of thioether (sulfide) groups is 1. The highest BCUT2D eigenvalue weighted by atomic mass is 32.2. The van der Waals surface area contributed by atoms with Gasteiger partial charge in [0.15, 0.2) is 5.58 Å². The third kappa shape index (κ3) is 3.30. The summed E-state index contributed by atoms with van der Waals surface area (Å²) in [6.07, 6.45) is 0. The Morgan fingerprint density at radius 3 is 2.41 bits per heavy atom. The minimum Gasteiger partial charge on any atom is -0.431 e. The maximum absolute atomic E-state index is 13.4. The van der Waals surface area contributed by atoms with Gasteiger partial charge in [0, 0.05) is 0 Å². The summed E-state index contributed by atoms with van der Waals surface area (Å²) in [5.41, 5.74) is 2.46. The lowest BCUT2D eigenvalue weighted by Crippen LogP contribution is -2.23. The van der Waals surface area contributed by atoms with E-state index >= 15 is 0 Å². The van der Waals surface area contributed by atoms with Gasteiger partial charge in [-0.1, -0.05) is 36.0 Å². The highest BCUT2D eigenvalue weighted by molar-refractivity contribution is 7.98. The molecule has 5 nitrogen and oxygen atoms in total. The third-order valence-electron chi connectivity index (χ3n) is 4.53. The van der Waals surface area contributed by atoms with E-state index < -0.39 is 0 Å². The molecule has 0 N–H and O–H groups in total. The molecule has 2 heterocycles. The molecule has 29 heavy (non-hydrogen) atoms. The van der Waals surface area contributed by atoms with Crippen molar-refractivity contribution in [2.24, 2.45) is 0 Å². The summed E-state index contributed by atoms with van der Waals surface area (Å²) in [6, 6.07) is 20.5. The monoisotopic (exact) mass is 403 g/mol. The minimum absolute atomic E-state index is 0.199. The normalized spacial score (nSPS) is 11.3. The van der Waals surface area contributed by atoms with Crippen LogP contribution in [0.3, 0.4) is 0 Å². The van der Waals surface area contributed by atoms with Crippen LogP contribution in [-0.4, -0.2) is 14.5 Å². The lowest BCUT2D eigenvalue weighted by Gasteiger charge is -2.13. The van der Waals surface area contributed by atoms with E-state index in [1.807, 2.05) is 30.3 Å². The van der Waals surface area contributed by atoms with Crippen LogP contribution in [0.1, 0.15) is 5.82 Å². The molecule has 7 heteroatoms. The van der Waals surface area contributed by atoms with Crippen LogP contribution in [0.4, 0.5) is 4.39 Å². The van der Waals surface area contributed by atoms with E-state index in [0.29, 0.717) is 39.0 Å². The molecule has 5 aromatic rings. The molecule has 0 spiro atoms. The Kier molecular flexibility index (Phi) is 4.37. The van der Waals surface area contributed by atoms with Crippen molar-refractivity contribution in [2.45, 2.75) is 11.0 Å². The number of nitrogens with zero attached hydrogens (tertiary/aromatic N) is 3. The molecule has 0 saturated heterocycles. The Hall–Kier alpha value is -3.45. The van der Waals surface area contributed by atoms with Crippen LogP contribution in [0, 0.1) is 5.82 Å². The molecular formula is C22H14FN3O2S. The lowest BCUT2D eigenvalue weighted by atomic mass is 10.2. The van der Waals surface area contributed by atoms with E-state index in [4.69, 9.17) is 4.42 Å². The van der Waals surface area contributed by atoms with E-state index in [1.165, 1.54) is 28.5 Å². The molecule has 0 unspecified atom stereocenters. The summed E-state index contributed by atoms with van der Waals surface area (Å²) >= 11 is 1.35. The fourth-order valence-electron chi connectivity index (χ4n) is 3.17. The molecule has 0 radical (unpaired) electrons. The minimum atomic E-state index is -0.363. The van der Waals surface area contributed by atoms with Crippen molar-refractivity contribution in [3.8, 4) is 5.69 Å². The highest BCUT2D eigenvalue weighted by Crippen LogP contribution is 2.26. The number of aromatic nitrogens is 3. The molecule has 0 atom stereocenters. The average molecular weight is 403 g/mol. The molecule has 0 aliphatic heterocycles.